The Morgan fingerprint density at radius 3 is 2.82 bits per heavy atom. The Morgan fingerprint density at radius 1 is 1.18 bits per heavy atom. The minimum absolute atomic E-state index is 0.0767. The molecule has 1 aliphatic heterocycles. The molecule has 1 N–H and O–H groups in total. The van der Waals surface area contributed by atoms with Gasteiger partial charge in [-0.15, -0.1) is 11.8 Å². The van der Waals surface area contributed by atoms with Gasteiger partial charge in [-0.05, 0) is 55.5 Å². The second kappa shape index (κ2) is 7.80. The van der Waals surface area contributed by atoms with Crippen LogP contribution in [0.3, 0.4) is 0 Å². The number of nitrogens with one attached hydrogen (secondary N) is 1. The first kappa shape index (κ1) is 18.7. The van der Waals surface area contributed by atoms with Crippen LogP contribution >= 0.6 is 11.8 Å². The smallest absolute Gasteiger partial charge is 0.308 e. The number of anilines is 1. The van der Waals surface area contributed by atoms with Crippen molar-refractivity contribution in [2.24, 2.45) is 0 Å². The zero-order valence-electron chi connectivity index (χ0n) is 15.6. The number of amides is 1. The molecular weight excluding hydrogens is 374 g/mol. The van der Waals surface area contributed by atoms with E-state index in [9.17, 15) is 14.4 Å². The lowest BCUT2D eigenvalue weighted by Crippen LogP contribution is -2.33. The lowest BCUT2D eigenvalue weighted by Gasteiger charge is -2.23. The molecule has 0 spiro atoms. The first-order chi connectivity index (χ1) is 13.5. The highest BCUT2D eigenvalue weighted by molar-refractivity contribution is 8.01. The molecule has 28 heavy (non-hydrogen) atoms. The van der Waals surface area contributed by atoms with E-state index in [1.165, 1.54) is 22.9 Å². The molecule has 5 nitrogen and oxygen atoms in total. The predicted molar refractivity (Wildman–Crippen MR) is 108 cm³/mol. The monoisotopic (exact) mass is 395 g/mol. The fourth-order valence-electron chi connectivity index (χ4n) is 3.64. The minimum Gasteiger partial charge on any atom is -0.454 e. The number of Topliss-reactive ketones (excluding diaryl/α,β-unsaturated/α-hetero) is 1. The van der Waals surface area contributed by atoms with E-state index < -0.39 is 17.3 Å². The van der Waals surface area contributed by atoms with Gasteiger partial charge in [0.25, 0.3) is 0 Å². The van der Waals surface area contributed by atoms with E-state index in [2.05, 4.69) is 5.32 Å². The summed E-state index contributed by atoms with van der Waals surface area (Å²) in [4.78, 5) is 38.1. The summed E-state index contributed by atoms with van der Waals surface area (Å²) in [5.74, 6) is -0.985. The Hall–Kier alpha value is -2.60. The van der Waals surface area contributed by atoms with Gasteiger partial charge in [0.05, 0.1) is 17.4 Å². The van der Waals surface area contributed by atoms with Gasteiger partial charge in [0, 0.05) is 10.5 Å². The summed E-state index contributed by atoms with van der Waals surface area (Å²) < 4.78 is 5.34. The molecule has 0 radical (unpaired) electrons. The number of carbonyl (C=O) groups is 3. The molecule has 0 saturated carbocycles. The number of rotatable bonds is 5. The molecule has 2 aliphatic rings. The minimum atomic E-state index is -0.879. The predicted octanol–water partition coefficient (Wildman–Crippen LogP) is 3.79. The third kappa shape index (κ3) is 3.83. The van der Waals surface area contributed by atoms with Crippen LogP contribution < -0.4 is 5.32 Å². The quantitative estimate of drug-likeness (QED) is 0.616. The van der Waals surface area contributed by atoms with Gasteiger partial charge in [-0.25, -0.2) is 0 Å². The standard InChI is InChI=1S/C22H21NO4S/c1-13(21(25)16-10-9-14-5-4-6-15(14)11-16)27-20(24)12-19-22(26)23-17-7-2-3-8-18(17)28-19/h2-3,7-11,13,19H,4-6,12H2,1H3,(H,23,26)/t13-,19+/m0/s1. The fourth-order valence-corrected chi connectivity index (χ4v) is 4.73. The molecule has 6 heteroatoms. The van der Waals surface area contributed by atoms with Gasteiger partial charge < -0.3 is 10.1 Å². The molecule has 1 amide bonds. The number of fused-ring (bicyclic) bond motifs is 2. The van der Waals surface area contributed by atoms with Crippen molar-refractivity contribution in [3.05, 3.63) is 59.2 Å². The van der Waals surface area contributed by atoms with Crippen molar-refractivity contribution in [3.63, 3.8) is 0 Å². The Kier molecular flexibility index (Phi) is 5.22. The molecule has 2 atom stereocenters. The maximum Gasteiger partial charge on any atom is 0.308 e. The molecule has 0 fully saturated rings. The second-order valence-corrected chi connectivity index (χ2v) is 8.37. The van der Waals surface area contributed by atoms with E-state index in [1.807, 2.05) is 36.4 Å². The maximum atomic E-state index is 12.6. The molecule has 0 aromatic heterocycles. The van der Waals surface area contributed by atoms with Crippen molar-refractivity contribution in [1.29, 1.82) is 0 Å². The summed E-state index contributed by atoms with van der Waals surface area (Å²) in [7, 11) is 0. The Balaban J connectivity index is 1.37. The summed E-state index contributed by atoms with van der Waals surface area (Å²) >= 11 is 1.34. The molecule has 2 aromatic carbocycles. The topological polar surface area (TPSA) is 72.5 Å². The van der Waals surface area contributed by atoms with Crippen LogP contribution in [0.15, 0.2) is 47.4 Å². The van der Waals surface area contributed by atoms with E-state index in [0.29, 0.717) is 5.56 Å². The van der Waals surface area contributed by atoms with Gasteiger partial charge in [0.15, 0.2) is 6.10 Å². The zero-order valence-corrected chi connectivity index (χ0v) is 16.4. The van der Waals surface area contributed by atoms with Crippen molar-refractivity contribution in [2.75, 3.05) is 5.32 Å². The number of benzene rings is 2. The maximum absolute atomic E-state index is 12.6. The lowest BCUT2D eigenvalue weighted by molar-refractivity contribution is -0.147. The summed E-state index contributed by atoms with van der Waals surface area (Å²) in [5, 5.41) is 2.24. The number of para-hydroxylation sites is 1. The largest absolute Gasteiger partial charge is 0.454 e. The second-order valence-electron chi connectivity index (χ2n) is 7.13. The number of carbonyl (C=O) groups excluding carboxylic acids is 3. The van der Waals surface area contributed by atoms with Crippen LogP contribution in [0.1, 0.15) is 41.3 Å². The van der Waals surface area contributed by atoms with Gasteiger partial charge in [0.1, 0.15) is 0 Å². The molecule has 0 unspecified atom stereocenters. The summed E-state index contributed by atoms with van der Waals surface area (Å²) in [6.07, 6.45) is 2.20. The SMILES string of the molecule is C[C@H](OC(=O)C[C@H]1Sc2ccccc2NC1=O)C(=O)c1ccc2c(c1)CCC2. The highest BCUT2D eigenvalue weighted by Crippen LogP contribution is 2.36. The average molecular weight is 395 g/mol. The number of hydrogen-bond acceptors (Lipinski definition) is 5. The van der Waals surface area contributed by atoms with Crippen LogP contribution in [0.2, 0.25) is 0 Å². The van der Waals surface area contributed by atoms with Gasteiger partial charge in [0.2, 0.25) is 11.7 Å². The first-order valence-corrected chi connectivity index (χ1v) is 10.3. The third-order valence-electron chi connectivity index (χ3n) is 5.12. The normalized spacial score (nSPS) is 18.6. The van der Waals surface area contributed by atoms with Crippen LogP contribution in [0.4, 0.5) is 5.69 Å². The molecule has 0 bridgehead atoms. The van der Waals surface area contributed by atoms with Gasteiger partial charge in [-0.3, -0.25) is 14.4 Å². The number of aryl methyl sites for hydroxylation is 2. The van der Waals surface area contributed by atoms with Gasteiger partial charge in [-0.1, -0.05) is 24.3 Å². The van der Waals surface area contributed by atoms with Crippen LogP contribution in [-0.4, -0.2) is 29.0 Å². The van der Waals surface area contributed by atoms with Crippen molar-refractivity contribution in [1.82, 2.24) is 0 Å². The van der Waals surface area contributed by atoms with E-state index in [4.69, 9.17) is 4.74 Å². The zero-order chi connectivity index (χ0) is 19.7. The average Bonchev–Trinajstić information content (AvgIpc) is 3.15. The van der Waals surface area contributed by atoms with E-state index in [0.717, 1.165) is 29.8 Å². The summed E-state index contributed by atoms with van der Waals surface area (Å²) in [6.45, 7) is 1.58. The number of ether oxygens (including phenoxy) is 1. The van der Waals surface area contributed by atoms with E-state index >= 15 is 0 Å². The Labute approximate surface area is 167 Å². The summed E-state index contributed by atoms with van der Waals surface area (Å²) in [5.41, 5.74) is 3.82. The molecule has 144 valence electrons. The number of hydrogen-bond donors (Lipinski definition) is 1. The van der Waals surface area contributed by atoms with Crippen LogP contribution in [0.25, 0.3) is 0 Å². The highest BCUT2D eigenvalue weighted by atomic mass is 32.2. The molecule has 0 saturated heterocycles. The van der Waals surface area contributed by atoms with Crippen molar-refractivity contribution in [3.8, 4) is 0 Å². The summed E-state index contributed by atoms with van der Waals surface area (Å²) in [6, 6.07) is 13.2. The van der Waals surface area contributed by atoms with Crippen LogP contribution in [-0.2, 0) is 27.2 Å². The number of ketones is 1. The fraction of sp³-hybridized carbons (Fsp3) is 0.318. The Morgan fingerprint density at radius 2 is 1.96 bits per heavy atom. The van der Waals surface area contributed by atoms with Crippen LogP contribution in [0, 0.1) is 0 Å². The Bertz CT molecular complexity index is 955. The number of esters is 1. The molecular formula is C22H21NO4S. The van der Waals surface area contributed by atoms with E-state index in [1.54, 1.807) is 13.0 Å². The van der Waals surface area contributed by atoms with E-state index in [-0.39, 0.29) is 18.1 Å². The van der Waals surface area contributed by atoms with Crippen molar-refractivity contribution >= 4 is 35.1 Å². The molecule has 1 heterocycles. The molecule has 1 aliphatic carbocycles. The third-order valence-corrected chi connectivity index (χ3v) is 6.39. The van der Waals surface area contributed by atoms with Gasteiger partial charge in [-0.2, -0.15) is 0 Å². The molecule has 2 aromatic rings. The highest BCUT2D eigenvalue weighted by Gasteiger charge is 2.30. The van der Waals surface area contributed by atoms with Crippen molar-refractivity contribution in [2.45, 2.75) is 48.9 Å². The molecule has 4 rings (SSSR count). The lowest BCUT2D eigenvalue weighted by atomic mass is 10.0. The first-order valence-electron chi connectivity index (χ1n) is 9.43. The van der Waals surface area contributed by atoms with Crippen LogP contribution in [0.5, 0.6) is 0 Å². The van der Waals surface area contributed by atoms with Crippen molar-refractivity contribution < 1.29 is 19.1 Å². The van der Waals surface area contributed by atoms with Gasteiger partial charge >= 0.3 is 5.97 Å². The number of thioether (sulfide) groups is 1.